The molecule has 0 saturated carbocycles. The number of rotatable bonds is 11. The van der Waals surface area contributed by atoms with Gasteiger partial charge in [-0.2, -0.15) is 0 Å². The molecule has 1 atom stereocenters. The highest BCUT2D eigenvalue weighted by atomic mass is 32.2. The van der Waals surface area contributed by atoms with Crippen LogP contribution in [0.15, 0.2) is 77.7 Å². The molecular formula is C30H37N3O4S. The molecule has 2 amide bonds. The highest BCUT2D eigenvalue weighted by Crippen LogP contribution is 2.28. The Morgan fingerprint density at radius 1 is 0.895 bits per heavy atom. The van der Waals surface area contributed by atoms with Crippen molar-refractivity contribution in [3.8, 4) is 0 Å². The molecule has 8 heteroatoms. The SMILES string of the molecule is CCCNC(=O)[C@H](C)N(Cc1ccccc1)C(=O)CN(c1ccc(C)cc1C)S(=O)(=O)c1ccc(C)cc1. The lowest BCUT2D eigenvalue weighted by Crippen LogP contribution is -2.51. The van der Waals surface area contributed by atoms with Crippen molar-refractivity contribution in [2.75, 3.05) is 17.4 Å². The molecule has 0 aliphatic carbocycles. The molecule has 1 N–H and O–H groups in total. The summed E-state index contributed by atoms with van der Waals surface area (Å²) in [4.78, 5) is 28.3. The van der Waals surface area contributed by atoms with Gasteiger partial charge in [-0.15, -0.1) is 0 Å². The van der Waals surface area contributed by atoms with Crippen molar-refractivity contribution < 1.29 is 18.0 Å². The van der Waals surface area contributed by atoms with Gasteiger partial charge in [-0.3, -0.25) is 13.9 Å². The summed E-state index contributed by atoms with van der Waals surface area (Å²) in [5.74, 6) is -0.751. The Bertz CT molecular complexity index is 1360. The summed E-state index contributed by atoms with van der Waals surface area (Å²) in [7, 11) is -4.08. The molecular weight excluding hydrogens is 498 g/mol. The molecule has 0 aliphatic heterocycles. The molecule has 0 saturated heterocycles. The van der Waals surface area contributed by atoms with Crippen LogP contribution in [0.4, 0.5) is 5.69 Å². The first kappa shape index (κ1) is 28.9. The third-order valence-corrected chi connectivity index (χ3v) is 8.20. The van der Waals surface area contributed by atoms with Crippen LogP contribution >= 0.6 is 0 Å². The molecule has 3 aromatic rings. The molecule has 0 fully saturated rings. The zero-order valence-corrected chi connectivity index (χ0v) is 23.6. The van der Waals surface area contributed by atoms with Crippen LogP contribution in [0.5, 0.6) is 0 Å². The average Bonchev–Trinajstić information content (AvgIpc) is 2.89. The first-order chi connectivity index (χ1) is 18.0. The lowest BCUT2D eigenvalue weighted by atomic mass is 10.1. The molecule has 202 valence electrons. The van der Waals surface area contributed by atoms with Crippen LogP contribution < -0.4 is 9.62 Å². The van der Waals surface area contributed by atoms with E-state index in [0.29, 0.717) is 12.2 Å². The number of anilines is 1. The lowest BCUT2D eigenvalue weighted by molar-refractivity contribution is -0.139. The molecule has 0 aromatic heterocycles. The van der Waals surface area contributed by atoms with Gasteiger partial charge in [0.1, 0.15) is 12.6 Å². The standard InChI is InChI=1S/C30H37N3O4S/c1-6-18-31-30(35)25(5)32(20-26-10-8-7-9-11-26)29(34)21-33(28-17-14-23(3)19-24(28)4)38(36,37)27-15-12-22(2)13-16-27/h7-17,19,25H,6,18,20-21H2,1-5H3,(H,31,35)/t25-/m0/s1. The highest BCUT2D eigenvalue weighted by molar-refractivity contribution is 7.92. The second-order valence-corrected chi connectivity index (χ2v) is 11.5. The fourth-order valence-electron chi connectivity index (χ4n) is 4.19. The number of benzene rings is 3. The van der Waals surface area contributed by atoms with Gasteiger partial charge in [-0.25, -0.2) is 8.42 Å². The van der Waals surface area contributed by atoms with E-state index in [9.17, 15) is 18.0 Å². The predicted molar refractivity (Wildman–Crippen MR) is 151 cm³/mol. The molecule has 0 unspecified atom stereocenters. The molecule has 7 nitrogen and oxygen atoms in total. The zero-order valence-electron chi connectivity index (χ0n) is 22.8. The van der Waals surface area contributed by atoms with Crippen molar-refractivity contribution in [1.82, 2.24) is 10.2 Å². The molecule has 3 aromatic carbocycles. The normalized spacial score (nSPS) is 12.0. The number of nitrogens with zero attached hydrogens (tertiary/aromatic N) is 2. The van der Waals surface area contributed by atoms with E-state index in [4.69, 9.17) is 0 Å². The Kier molecular flexibility index (Phi) is 9.69. The molecule has 38 heavy (non-hydrogen) atoms. The van der Waals surface area contributed by atoms with Crippen LogP contribution in [0.25, 0.3) is 0 Å². The largest absolute Gasteiger partial charge is 0.354 e. The molecule has 0 bridgehead atoms. The number of carbonyl (C=O) groups is 2. The van der Waals surface area contributed by atoms with E-state index in [0.717, 1.165) is 33.0 Å². The number of nitrogens with one attached hydrogen (secondary N) is 1. The maximum atomic E-state index is 13.9. The van der Waals surface area contributed by atoms with Crippen LogP contribution in [-0.2, 0) is 26.2 Å². The number of hydrogen-bond donors (Lipinski definition) is 1. The van der Waals surface area contributed by atoms with Gasteiger partial charge in [-0.1, -0.05) is 72.6 Å². The number of sulfonamides is 1. The Labute approximate surface area is 226 Å². The van der Waals surface area contributed by atoms with Gasteiger partial charge in [-0.05, 0) is 63.4 Å². The zero-order chi connectivity index (χ0) is 27.9. The third-order valence-electron chi connectivity index (χ3n) is 6.42. The summed E-state index contributed by atoms with van der Waals surface area (Å²) < 4.78 is 29.0. The van der Waals surface area contributed by atoms with E-state index >= 15 is 0 Å². The van der Waals surface area contributed by atoms with Crippen molar-refractivity contribution in [1.29, 1.82) is 0 Å². The van der Waals surface area contributed by atoms with E-state index in [-0.39, 0.29) is 17.3 Å². The van der Waals surface area contributed by atoms with Gasteiger partial charge < -0.3 is 10.2 Å². The average molecular weight is 536 g/mol. The fraction of sp³-hybridized carbons (Fsp3) is 0.333. The first-order valence-electron chi connectivity index (χ1n) is 12.8. The van der Waals surface area contributed by atoms with Crippen molar-refractivity contribution in [2.24, 2.45) is 0 Å². The van der Waals surface area contributed by atoms with E-state index < -0.39 is 28.5 Å². The highest BCUT2D eigenvalue weighted by Gasteiger charge is 2.33. The molecule has 0 radical (unpaired) electrons. The van der Waals surface area contributed by atoms with E-state index in [2.05, 4.69) is 5.32 Å². The van der Waals surface area contributed by atoms with Crippen LogP contribution in [0.2, 0.25) is 0 Å². The van der Waals surface area contributed by atoms with Gasteiger partial charge in [0.05, 0.1) is 10.6 Å². The van der Waals surface area contributed by atoms with Gasteiger partial charge >= 0.3 is 0 Å². The van der Waals surface area contributed by atoms with E-state index in [1.807, 2.05) is 70.2 Å². The number of hydrogen-bond acceptors (Lipinski definition) is 4. The topological polar surface area (TPSA) is 86.8 Å². The minimum absolute atomic E-state index is 0.0965. The minimum Gasteiger partial charge on any atom is -0.354 e. The Hall–Kier alpha value is -3.65. The van der Waals surface area contributed by atoms with Crippen LogP contribution in [0.3, 0.4) is 0 Å². The summed E-state index contributed by atoms with van der Waals surface area (Å²) in [5, 5.41) is 2.85. The summed E-state index contributed by atoms with van der Waals surface area (Å²) in [5.41, 5.74) is 3.91. The van der Waals surface area contributed by atoms with Gasteiger partial charge in [0.25, 0.3) is 10.0 Å². The van der Waals surface area contributed by atoms with Gasteiger partial charge in [0.15, 0.2) is 0 Å². The summed E-state index contributed by atoms with van der Waals surface area (Å²) >= 11 is 0. The summed E-state index contributed by atoms with van der Waals surface area (Å²) in [6, 6.07) is 20.6. The van der Waals surface area contributed by atoms with Crippen LogP contribution in [0, 0.1) is 20.8 Å². The third kappa shape index (κ3) is 7.01. The summed E-state index contributed by atoms with van der Waals surface area (Å²) in [6.07, 6.45) is 0.764. The van der Waals surface area contributed by atoms with Gasteiger partial charge in [0, 0.05) is 13.1 Å². The fourth-order valence-corrected chi connectivity index (χ4v) is 5.67. The predicted octanol–water partition coefficient (Wildman–Crippen LogP) is 4.75. The smallest absolute Gasteiger partial charge is 0.264 e. The Morgan fingerprint density at radius 3 is 2.13 bits per heavy atom. The maximum absolute atomic E-state index is 13.9. The quantitative estimate of drug-likeness (QED) is 0.384. The molecule has 0 heterocycles. The number of aryl methyl sites for hydroxylation is 3. The number of amides is 2. The van der Waals surface area contributed by atoms with Crippen molar-refractivity contribution in [3.05, 3.63) is 95.1 Å². The Balaban J connectivity index is 2.04. The minimum atomic E-state index is -4.08. The van der Waals surface area contributed by atoms with Crippen LogP contribution in [0.1, 0.15) is 42.5 Å². The van der Waals surface area contributed by atoms with E-state index in [1.165, 1.54) is 4.90 Å². The second-order valence-electron chi connectivity index (χ2n) is 9.59. The monoisotopic (exact) mass is 535 g/mol. The molecule has 3 rings (SSSR count). The maximum Gasteiger partial charge on any atom is 0.264 e. The summed E-state index contributed by atoms with van der Waals surface area (Å²) in [6.45, 7) is 9.48. The lowest BCUT2D eigenvalue weighted by Gasteiger charge is -2.32. The van der Waals surface area contributed by atoms with E-state index in [1.54, 1.807) is 37.3 Å². The van der Waals surface area contributed by atoms with Crippen LogP contribution in [-0.4, -0.2) is 44.3 Å². The van der Waals surface area contributed by atoms with Crippen molar-refractivity contribution in [3.63, 3.8) is 0 Å². The molecule has 0 aliphatic rings. The second kappa shape index (κ2) is 12.7. The molecule has 0 spiro atoms. The van der Waals surface area contributed by atoms with Crippen molar-refractivity contribution in [2.45, 2.75) is 58.5 Å². The Morgan fingerprint density at radius 2 is 1.53 bits per heavy atom. The van der Waals surface area contributed by atoms with Crippen molar-refractivity contribution >= 4 is 27.5 Å². The first-order valence-corrected chi connectivity index (χ1v) is 14.3. The van der Waals surface area contributed by atoms with Gasteiger partial charge in [0.2, 0.25) is 11.8 Å². The number of carbonyl (C=O) groups excluding carboxylic acids is 2.